The first-order valence-corrected chi connectivity index (χ1v) is 9.00. The molecule has 4 rings (SSSR count). The first-order chi connectivity index (χ1) is 11.7. The molecular weight excluding hydrogens is 363 g/mol. The monoisotopic (exact) mass is 382 g/mol. The number of piperazine rings is 1. The molecule has 0 spiro atoms. The standard InChI is InChI=1S/C18H19FN2O2S.ClH/c19-14-3-1-2-12(8-14)15-10-20-5-6-21(15)18(22)17-9-13-11-23-7-4-16(13)24-17;/h1-3,8-9,15,20H,4-7,10-11H2;1H. The predicted octanol–water partition coefficient (Wildman–Crippen LogP) is 3.17. The van der Waals surface area contributed by atoms with E-state index in [4.69, 9.17) is 4.74 Å². The van der Waals surface area contributed by atoms with E-state index >= 15 is 0 Å². The Balaban J connectivity index is 0.00000182. The van der Waals surface area contributed by atoms with Crippen LogP contribution in [-0.2, 0) is 17.8 Å². The van der Waals surface area contributed by atoms with Crippen LogP contribution in [0.3, 0.4) is 0 Å². The SMILES string of the molecule is Cl.O=C(c1cc2c(s1)CCOC2)N1CCNCC1c1cccc(F)c1. The molecule has 25 heavy (non-hydrogen) atoms. The summed E-state index contributed by atoms with van der Waals surface area (Å²) in [4.78, 5) is 16.9. The molecule has 2 aliphatic rings. The second-order valence-electron chi connectivity index (χ2n) is 6.14. The van der Waals surface area contributed by atoms with E-state index in [1.54, 1.807) is 17.4 Å². The van der Waals surface area contributed by atoms with Crippen LogP contribution in [0.25, 0.3) is 0 Å². The Morgan fingerprint density at radius 2 is 2.24 bits per heavy atom. The number of thiophene rings is 1. The molecular formula is C18H20ClFN2O2S. The number of fused-ring (bicyclic) bond motifs is 1. The summed E-state index contributed by atoms with van der Waals surface area (Å²) in [6, 6.07) is 8.35. The van der Waals surface area contributed by atoms with Crippen molar-refractivity contribution in [1.82, 2.24) is 10.2 Å². The topological polar surface area (TPSA) is 41.6 Å². The molecule has 1 atom stereocenters. The van der Waals surface area contributed by atoms with E-state index in [9.17, 15) is 9.18 Å². The molecule has 0 bridgehead atoms. The highest BCUT2D eigenvalue weighted by molar-refractivity contribution is 7.14. The Morgan fingerprint density at radius 3 is 3.04 bits per heavy atom. The van der Waals surface area contributed by atoms with Crippen molar-refractivity contribution in [3.05, 3.63) is 57.0 Å². The minimum atomic E-state index is -0.269. The Morgan fingerprint density at radius 1 is 1.36 bits per heavy atom. The van der Waals surface area contributed by atoms with Crippen molar-refractivity contribution < 1.29 is 13.9 Å². The van der Waals surface area contributed by atoms with Crippen LogP contribution < -0.4 is 5.32 Å². The molecule has 3 heterocycles. The van der Waals surface area contributed by atoms with Gasteiger partial charge in [-0.25, -0.2) is 4.39 Å². The summed E-state index contributed by atoms with van der Waals surface area (Å²) in [6.07, 6.45) is 0.877. The minimum Gasteiger partial charge on any atom is -0.376 e. The third-order valence-corrected chi connectivity index (χ3v) is 5.80. The summed E-state index contributed by atoms with van der Waals surface area (Å²) in [5.74, 6) is -0.237. The molecule has 1 unspecified atom stereocenters. The van der Waals surface area contributed by atoms with Gasteiger partial charge in [0.25, 0.3) is 5.91 Å². The molecule has 7 heteroatoms. The molecule has 2 aliphatic heterocycles. The van der Waals surface area contributed by atoms with E-state index in [0.29, 0.717) is 19.7 Å². The van der Waals surface area contributed by atoms with E-state index in [0.717, 1.165) is 35.6 Å². The number of carbonyl (C=O) groups excluding carboxylic acids is 1. The summed E-state index contributed by atoms with van der Waals surface area (Å²) in [7, 11) is 0. The summed E-state index contributed by atoms with van der Waals surface area (Å²) < 4.78 is 19.1. The number of nitrogens with one attached hydrogen (secondary N) is 1. The van der Waals surface area contributed by atoms with Gasteiger partial charge in [0.15, 0.2) is 0 Å². The highest BCUT2D eigenvalue weighted by Crippen LogP contribution is 2.31. The van der Waals surface area contributed by atoms with Crippen LogP contribution >= 0.6 is 23.7 Å². The number of nitrogens with zero attached hydrogens (tertiary/aromatic N) is 1. The minimum absolute atomic E-state index is 0. The van der Waals surface area contributed by atoms with Gasteiger partial charge in [-0.05, 0) is 29.3 Å². The van der Waals surface area contributed by atoms with Crippen molar-refractivity contribution >= 4 is 29.7 Å². The van der Waals surface area contributed by atoms with Gasteiger partial charge >= 0.3 is 0 Å². The zero-order valence-corrected chi connectivity index (χ0v) is 15.3. The average Bonchev–Trinajstić information content (AvgIpc) is 3.05. The molecule has 1 aromatic carbocycles. The quantitative estimate of drug-likeness (QED) is 0.867. The van der Waals surface area contributed by atoms with Gasteiger partial charge in [0.1, 0.15) is 5.82 Å². The number of hydrogen-bond acceptors (Lipinski definition) is 4. The highest BCUT2D eigenvalue weighted by atomic mass is 35.5. The van der Waals surface area contributed by atoms with Crippen LogP contribution in [0.2, 0.25) is 0 Å². The number of halogens is 2. The average molecular weight is 383 g/mol. The van der Waals surface area contributed by atoms with E-state index in [-0.39, 0.29) is 30.2 Å². The van der Waals surface area contributed by atoms with Gasteiger partial charge in [0, 0.05) is 30.9 Å². The Labute approximate surface area is 156 Å². The first kappa shape index (κ1) is 18.3. The van der Waals surface area contributed by atoms with Crippen molar-refractivity contribution in [1.29, 1.82) is 0 Å². The summed E-state index contributed by atoms with van der Waals surface area (Å²) in [5, 5.41) is 3.31. The van der Waals surface area contributed by atoms with Crippen LogP contribution in [0.4, 0.5) is 4.39 Å². The molecule has 1 fully saturated rings. The largest absolute Gasteiger partial charge is 0.376 e. The predicted molar refractivity (Wildman–Crippen MR) is 98.0 cm³/mol. The molecule has 0 aliphatic carbocycles. The number of ether oxygens (including phenoxy) is 1. The van der Waals surface area contributed by atoms with E-state index < -0.39 is 0 Å². The molecule has 2 aromatic rings. The number of amides is 1. The molecule has 1 N–H and O–H groups in total. The highest BCUT2D eigenvalue weighted by Gasteiger charge is 2.30. The number of hydrogen-bond donors (Lipinski definition) is 1. The van der Waals surface area contributed by atoms with Gasteiger partial charge in [-0.1, -0.05) is 12.1 Å². The molecule has 1 aromatic heterocycles. The van der Waals surface area contributed by atoms with Crippen molar-refractivity contribution in [3.63, 3.8) is 0 Å². The second-order valence-corrected chi connectivity index (χ2v) is 7.27. The van der Waals surface area contributed by atoms with Gasteiger partial charge in [-0.2, -0.15) is 0 Å². The zero-order valence-electron chi connectivity index (χ0n) is 13.7. The summed E-state index contributed by atoms with van der Waals surface area (Å²) in [5.41, 5.74) is 1.97. The molecule has 1 amide bonds. The molecule has 0 radical (unpaired) electrons. The van der Waals surface area contributed by atoms with Crippen LogP contribution in [0.5, 0.6) is 0 Å². The van der Waals surface area contributed by atoms with Crippen LogP contribution in [-0.4, -0.2) is 37.0 Å². The lowest BCUT2D eigenvalue weighted by atomic mass is 10.0. The van der Waals surface area contributed by atoms with Gasteiger partial charge < -0.3 is 15.0 Å². The van der Waals surface area contributed by atoms with Gasteiger partial charge in [0.05, 0.1) is 24.1 Å². The normalized spacial score (nSPS) is 19.9. The van der Waals surface area contributed by atoms with E-state index in [2.05, 4.69) is 5.32 Å². The van der Waals surface area contributed by atoms with Crippen molar-refractivity contribution in [3.8, 4) is 0 Å². The third-order valence-electron chi connectivity index (χ3n) is 4.58. The van der Waals surface area contributed by atoms with Gasteiger partial charge in [-0.15, -0.1) is 23.7 Å². The van der Waals surface area contributed by atoms with E-state index in [1.807, 2.05) is 17.0 Å². The zero-order chi connectivity index (χ0) is 16.5. The lowest BCUT2D eigenvalue weighted by molar-refractivity contribution is 0.0638. The van der Waals surface area contributed by atoms with E-state index in [1.165, 1.54) is 17.0 Å². The molecule has 4 nitrogen and oxygen atoms in total. The summed E-state index contributed by atoms with van der Waals surface area (Å²) in [6.45, 7) is 3.34. The molecule has 134 valence electrons. The smallest absolute Gasteiger partial charge is 0.264 e. The lowest BCUT2D eigenvalue weighted by Gasteiger charge is -2.36. The Kier molecular flexibility index (Phi) is 5.74. The van der Waals surface area contributed by atoms with Crippen LogP contribution in [0.1, 0.15) is 31.7 Å². The van der Waals surface area contributed by atoms with Gasteiger partial charge in [0.2, 0.25) is 0 Å². The van der Waals surface area contributed by atoms with Crippen molar-refractivity contribution in [2.45, 2.75) is 19.1 Å². The van der Waals surface area contributed by atoms with Crippen LogP contribution in [0.15, 0.2) is 30.3 Å². The third kappa shape index (κ3) is 3.72. The van der Waals surface area contributed by atoms with Gasteiger partial charge in [-0.3, -0.25) is 4.79 Å². The van der Waals surface area contributed by atoms with Crippen molar-refractivity contribution in [2.24, 2.45) is 0 Å². The Bertz CT molecular complexity index is 744. The maximum atomic E-state index is 13.6. The number of rotatable bonds is 2. The first-order valence-electron chi connectivity index (χ1n) is 8.19. The fraction of sp³-hybridized carbons (Fsp3) is 0.389. The van der Waals surface area contributed by atoms with Crippen LogP contribution in [0, 0.1) is 5.82 Å². The maximum Gasteiger partial charge on any atom is 0.264 e. The molecule has 1 saturated heterocycles. The van der Waals surface area contributed by atoms with Crippen molar-refractivity contribution in [2.75, 3.05) is 26.2 Å². The second kappa shape index (κ2) is 7.83. The maximum absolute atomic E-state index is 13.6. The number of carbonyl (C=O) groups is 1. The lowest BCUT2D eigenvalue weighted by Crippen LogP contribution is -2.48. The summed E-state index contributed by atoms with van der Waals surface area (Å²) >= 11 is 1.57. The number of benzene rings is 1. The molecule has 0 saturated carbocycles. The Hall–Kier alpha value is -1.47. The fourth-order valence-electron chi connectivity index (χ4n) is 3.35. The fourth-order valence-corrected chi connectivity index (χ4v) is 4.46.